The maximum absolute atomic E-state index is 12.9. The van der Waals surface area contributed by atoms with Gasteiger partial charge in [-0.15, -0.1) is 0 Å². The van der Waals surface area contributed by atoms with Gasteiger partial charge in [-0.2, -0.15) is 0 Å². The largest absolute Gasteiger partial charge is 0.392 e. The van der Waals surface area contributed by atoms with E-state index in [2.05, 4.69) is 16.5 Å². The molecule has 202 valence electrons. The molecule has 0 saturated carbocycles. The minimum absolute atomic E-state index is 0.0154. The number of rotatable bonds is 8. The molecular formula is C29H34N2O6S. The van der Waals surface area contributed by atoms with Crippen molar-refractivity contribution in [3.8, 4) is 0 Å². The quantitative estimate of drug-likeness (QED) is 0.446. The van der Waals surface area contributed by atoms with Crippen molar-refractivity contribution in [1.29, 1.82) is 0 Å². The molecule has 2 aliphatic rings. The molecule has 9 heteroatoms. The summed E-state index contributed by atoms with van der Waals surface area (Å²) in [5.41, 5.74) is 3.02. The molecule has 0 bridgehead atoms. The van der Waals surface area contributed by atoms with Crippen molar-refractivity contribution < 1.29 is 27.7 Å². The Morgan fingerprint density at radius 1 is 0.921 bits per heavy atom. The minimum Gasteiger partial charge on any atom is -0.392 e. The summed E-state index contributed by atoms with van der Waals surface area (Å²) in [5, 5.41) is 9.47. The molecule has 4 atom stereocenters. The zero-order valence-electron chi connectivity index (χ0n) is 21.4. The third-order valence-electron chi connectivity index (χ3n) is 7.13. The summed E-state index contributed by atoms with van der Waals surface area (Å²) in [6.45, 7) is 5.98. The van der Waals surface area contributed by atoms with Crippen molar-refractivity contribution in [3.05, 3.63) is 95.6 Å². The van der Waals surface area contributed by atoms with Crippen LogP contribution in [0.2, 0.25) is 0 Å². The predicted octanol–water partition coefficient (Wildman–Crippen LogP) is 4.10. The smallest absolute Gasteiger partial charge is 0.261 e. The van der Waals surface area contributed by atoms with Crippen molar-refractivity contribution in [2.45, 2.75) is 36.9 Å². The number of nitrogens with one attached hydrogen (secondary N) is 1. The molecule has 2 saturated heterocycles. The highest BCUT2D eigenvalue weighted by Gasteiger charge is 2.39. The zero-order valence-corrected chi connectivity index (χ0v) is 22.2. The lowest BCUT2D eigenvalue weighted by molar-refractivity contribution is -0.277. The van der Waals surface area contributed by atoms with E-state index >= 15 is 0 Å². The lowest BCUT2D eigenvalue weighted by atomic mass is 9.90. The van der Waals surface area contributed by atoms with Crippen LogP contribution in [0.25, 0.3) is 0 Å². The number of hydrogen-bond donors (Lipinski definition) is 2. The Labute approximate surface area is 224 Å². The average molecular weight is 539 g/mol. The van der Waals surface area contributed by atoms with Crippen molar-refractivity contribution in [3.63, 3.8) is 0 Å². The maximum atomic E-state index is 12.9. The fourth-order valence-electron chi connectivity index (χ4n) is 4.93. The molecule has 2 heterocycles. The van der Waals surface area contributed by atoms with E-state index in [4.69, 9.17) is 14.2 Å². The second kappa shape index (κ2) is 11.9. The maximum Gasteiger partial charge on any atom is 0.261 e. The molecule has 2 fully saturated rings. The van der Waals surface area contributed by atoms with Gasteiger partial charge in [-0.1, -0.05) is 61.5 Å². The number of aliphatic hydroxyl groups excluding tert-OH is 1. The molecular weight excluding hydrogens is 504 g/mol. The Kier molecular flexibility index (Phi) is 8.42. The van der Waals surface area contributed by atoms with Gasteiger partial charge in [0.05, 0.1) is 36.9 Å². The van der Waals surface area contributed by atoms with Gasteiger partial charge in [0, 0.05) is 36.8 Å². The topological polar surface area (TPSA) is 97.3 Å². The van der Waals surface area contributed by atoms with E-state index in [1.807, 2.05) is 30.3 Å². The first-order valence-electron chi connectivity index (χ1n) is 12.9. The number of hydrogen-bond acceptors (Lipinski definition) is 7. The van der Waals surface area contributed by atoms with Crippen molar-refractivity contribution in [2.24, 2.45) is 5.92 Å². The van der Waals surface area contributed by atoms with Crippen LogP contribution >= 0.6 is 0 Å². The molecule has 0 aliphatic carbocycles. The summed E-state index contributed by atoms with van der Waals surface area (Å²) in [7, 11) is -3.73. The fraction of sp³-hybridized carbons (Fsp3) is 0.379. The van der Waals surface area contributed by atoms with Crippen LogP contribution in [0, 0.1) is 5.92 Å². The highest BCUT2D eigenvalue weighted by atomic mass is 32.2. The Hall–Kier alpha value is -2.79. The molecule has 3 aromatic rings. The Morgan fingerprint density at radius 3 is 2.37 bits per heavy atom. The Bertz CT molecular complexity index is 1300. The number of nitrogens with zero attached hydrogens (tertiary/aromatic N) is 1. The Balaban J connectivity index is 1.40. The highest BCUT2D eigenvalue weighted by Crippen LogP contribution is 2.42. The first kappa shape index (κ1) is 26.8. The van der Waals surface area contributed by atoms with Gasteiger partial charge in [0.1, 0.15) is 0 Å². The zero-order chi connectivity index (χ0) is 26.5. The lowest BCUT2D eigenvalue weighted by Gasteiger charge is -2.43. The van der Waals surface area contributed by atoms with E-state index in [9.17, 15) is 13.5 Å². The number of aliphatic hydroxyl groups is 1. The van der Waals surface area contributed by atoms with Gasteiger partial charge in [-0.3, -0.25) is 9.62 Å². The van der Waals surface area contributed by atoms with Crippen molar-refractivity contribution >= 4 is 15.7 Å². The third-order valence-corrected chi connectivity index (χ3v) is 8.53. The first-order chi connectivity index (χ1) is 18.4. The third kappa shape index (κ3) is 6.26. The van der Waals surface area contributed by atoms with Crippen LogP contribution in [-0.4, -0.2) is 57.4 Å². The predicted molar refractivity (Wildman–Crippen MR) is 144 cm³/mol. The van der Waals surface area contributed by atoms with Crippen LogP contribution in [-0.2, 0) is 30.8 Å². The summed E-state index contributed by atoms with van der Waals surface area (Å²) >= 11 is 0. The molecule has 4 unspecified atom stereocenters. The number of sulfonamides is 1. The SMILES string of the molecule is CC1C(CN2CCOCC2)OC(c2cccc(NS(=O)(=O)c3ccccc3)c2)OC1c1ccc(CO)cc1. The van der Waals surface area contributed by atoms with Gasteiger partial charge in [0.2, 0.25) is 0 Å². The molecule has 38 heavy (non-hydrogen) atoms. The van der Waals surface area contributed by atoms with Crippen molar-refractivity contribution in [1.82, 2.24) is 4.90 Å². The molecule has 0 spiro atoms. The molecule has 5 rings (SSSR count). The number of ether oxygens (including phenoxy) is 3. The van der Waals surface area contributed by atoms with E-state index in [0.29, 0.717) is 18.9 Å². The molecule has 0 aromatic heterocycles. The van der Waals surface area contributed by atoms with Gasteiger partial charge in [-0.05, 0) is 35.4 Å². The molecule has 0 amide bonds. The van der Waals surface area contributed by atoms with E-state index in [1.54, 1.807) is 48.5 Å². The second-order valence-electron chi connectivity index (χ2n) is 9.78. The number of morpholine rings is 1. The summed E-state index contributed by atoms with van der Waals surface area (Å²) in [4.78, 5) is 2.55. The van der Waals surface area contributed by atoms with Crippen LogP contribution in [0.3, 0.4) is 0 Å². The monoisotopic (exact) mass is 538 g/mol. The summed E-state index contributed by atoms with van der Waals surface area (Å²) < 4.78 is 47.0. The van der Waals surface area contributed by atoms with Gasteiger partial charge in [0.25, 0.3) is 10.0 Å². The molecule has 2 aliphatic heterocycles. The van der Waals surface area contributed by atoms with Gasteiger partial charge in [0.15, 0.2) is 6.29 Å². The molecule has 3 aromatic carbocycles. The molecule has 2 N–H and O–H groups in total. The van der Waals surface area contributed by atoms with Crippen molar-refractivity contribution in [2.75, 3.05) is 37.6 Å². The summed E-state index contributed by atoms with van der Waals surface area (Å²) in [6.07, 6.45) is -1.03. The standard InChI is InChI=1S/C29H34N2O6S/c1-21-27(19-31-14-16-35-17-15-31)36-29(37-28(21)23-12-10-22(20-32)11-13-23)24-6-5-7-25(18-24)30-38(33,34)26-8-3-2-4-9-26/h2-13,18,21,27-30,32H,14-17,19-20H2,1H3. The van der Waals surface area contributed by atoms with E-state index < -0.39 is 16.3 Å². The minimum atomic E-state index is -3.73. The molecule has 8 nitrogen and oxygen atoms in total. The molecule has 0 radical (unpaired) electrons. The normalized spacial score (nSPS) is 24.7. The first-order valence-corrected chi connectivity index (χ1v) is 14.4. The number of anilines is 1. The van der Waals surface area contributed by atoms with Crippen LogP contribution in [0.15, 0.2) is 83.8 Å². The van der Waals surface area contributed by atoms with Gasteiger partial charge < -0.3 is 19.3 Å². The average Bonchev–Trinajstić information content (AvgIpc) is 2.95. The van der Waals surface area contributed by atoms with Crippen LogP contribution < -0.4 is 4.72 Å². The summed E-state index contributed by atoms with van der Waals surface area (Å²) in [6, 6.07) is 23.2. The van der Waals surface area contributed by atoms with Crippen LogP contribution in [0.5, 0.6) is 0 Å². The van der Waals surface area contributed by atoms with Gasteiger partial charge >= 0.3 is 0 Å². The summed E-state index contributed by atoms with van der Waals surface area (Å²) in [5.74, 6) is 0.0637. The van der Waals surface area contributed by atoms with Gasteiger partial charge in [-0.25, -0.2) is 8.42 Å². The lowest BCUT2D eigenvalue weighted by Crippen LogP contribution is -2.47. The highest BCUT2D eigenvalue weighted by molar-refractivity contribution is 7.92. The van der Waals surface area contributed by atoms with Crippen LogP contribution in [0.4, 0.5) is 5.69 Å². The number of benzene rings is 3. The van der Waals surface area contributed by atoms with E-state index in [-0.39, 0.29) is 29.6 Å². The fourth-order valence-corrected chi connectivity index (χ4v) is 6.00. The second-order valence-corrected chi connectivity index (χ2v) is 11.5. The van der Waals surface area contributed by atoms with E-state index in [1.165, 1.54) is 0 Å². The Morgan fingerprint density at radius 2 is 1.66 bits per heavy atom. The van der Waals surface area contributed by atoms with Crippen LogP contribution in [0.1, 0.15) is 36.0 Å². The van der Waals surface area contributed by atoms with E-state index in [0.717, 1.165) is 36.3 Å².